The van der Waals surface area contributed by atoms with Gasteiger partial charge < -0.3 is 42.6 Å². The minimum atomic E-state index is -0.637. The summed E-state index contributed by atoms with van der Waals surface area (Å²) >= 11 is 0. The number of hydrogen-bond donors (Lipinski definition) is 0. The van der Waals surface area contributed by atoms with E-state index >= 15 is 0 Å². The number of fused-ring (bicyclic) bond motifs is 1. The van der Waals surface area contributed by atoms with Gasteiger partial charge in [0.15, 0.2) is 11.5 Å². The highest BCUT2D eigenvalue weighted by Crippen LogP contribution is 2.45. The fourth-order valence-corrected chi connectivity index (χ4v) is 7.08. The fourth-order valence-electron chi connectivity index (χ4n) is 7.08. The summed E-state index contributed by atoms with van der Waals surface area (Å²) in [5.41, 5.74) is 1.61. The molecule has 0 atom stereocenters. The zero-order valence-corrected chi connectivity index (χ0v) is 39.4. The second-order valence-corrected chi connectivity index (χ2v) is 16.3. The second kappa shape index (κ2) is 34.5. The van der Waals surface area contributed by atoms with E-state index in [-0.39, 0.29) is 49.4 Å². The molecule has 0 amide bonds. The number of carbonyl (C=O) groups excluding carboxylic acids is 2. The number of ether oxygens (including phenoxy) is 9. The van der Waals surface area contributed by atoms with Crippen LogP contribution in [-0.4, -0.2) is 78.0 Å². The Kier molecular flexibility index (Phi) is 28.0. The van der Waals surface area contributed by atoms with Gasteiger partial charge in [-0.1, -0.05) is 141 Å². The minimum Gasteiger partial charge on any atom is -0.494 e. The van der Waals surface area contributed by atoms with Crippen LogP contribution < -0.4 is 28.4 Å². The molecule has 0 bridgehead atoms. The van der Waals surface area contributed by atoms with Crippen LogP contribution in [0.1, 0.15) is 141 Å². The van der Waals surface area contributed by atoms with Gasteiger partial charge >= 0.3 is 11.9 Å². The van der Waals surface area contributed by atoms with Crippen molar-refractivity contribution in [3.63, 3.8) is 0 Å². The highest BCUT2D eigenvalue weighted by Gasteiger charge is 2.22. The van der Waals surface area contributed by atoms with E-state index in [2.05, 4.69) is 13.8 Å². The largest absolute Gasteiger partial charge is 0.494 e. The number of carbonyl (C=O) groups is 2. The van der Waals surface area contributed by atoms with Crippen molar-refractivity contribution in [3.8, 4) is 34.5 Å². The summed E-state index contributed by atoms with van der Waals surface area (Å²) in [7, 11) is 0. The molecule has 4 rings (SSSR count). The number of rotatable bonds is 28. The van der Waals surface area contributed by atoms with Gasteiger partial charge in [-0.15, -0.1) is 0 Å². The average Bonchev–Trinajstić information content (AvgIpc) is 3.33. The third-order valence-corrected chi connectivity index (χ3v) is 10.8. The van der Waals surface area contributed by atoms with Crippen molar-refractivity contribution >= 4 is 24.1 Å². The Morgan fingerprint density at radius 3 is 1.11 bits per heavy atom. The van der Waals surface area contributed by atoms with Crippen LogP contribution in [0, 0.1) is 0 Å². The van der Waals surface area contributed by atoms with E-state index in [0.29, 0.717) is 39.6 Å². The number of benzene rings is 3. The van der Waals surface area contributed by atoms with Crippen molar-refractivity contribution in [1.82, 2.24) is 0 Å². The Hall–Kier alpha value is -4.84. The predicted molar refractivity (Wildman–Crippen MR) is 258 cm³/mol. The normalized spacial score (nSPS) is 13.9. The van der Waals surface area contributed by atoms with Crippen molar-refractivity contribution < 1.29 is 52.2 Å². The SMILES string of the molecule is CCCCCCCCCCCOc1ccc(/C=C/C(=O)Oc2ccc(OC(=O)/C=C/c3ccc(OCCCCCCCCCCC)cc3)c3c2OCCOCCOCCOCCO3)cc1. The lowest BCUT2D eigenvalue weighted by Gasteiger charge is -2.18. The van der Waals surface area contributed by atoms with Crippen molar-refractivity contribution in [3.05, 3.63) is 83.9 Å². The summed E-state index contributed by atoms with van der Waals surface area (Å²) < 4.78 is 52.5. The molecule has 1 aliphatic heterocycles. The third-order valence-electron chi connectivity index (χ3n) is 10.8. The molecule has 0 unspecified atom stereocenters. The fraction of sp³-hybridized carbons (Fsp3) is 0.556. The monoisotopic (exact) mass is 901 g/mol. The van der Waals surface area contributed by atoms with Gasteiger partial charge in [-0.2, -0.15) is 0 Å². The molecule has 1 heterocycles. The molecule has 358 valence electrons. The molecule has 11 nitrogen and oxygen atoms in total. The standard InChI is InChI=1S/C54H76O11/c1-3-5-7-9-11-13-15-17-19-35-60-47-27-21-45(22-28-47)25-33-51(55)64-49-31-32-50(54-53(49)62-43-41-58-39-37-57-38-40-59-42-44-63-54)65-52(56)34-26-46-23-29-48(30-24-46)61-36-20-18-16-14-12-10-8-6-4-2/h21-34H,3-20,35-44H2,1-2H3/b33-25+,34-26+. The third kappa shape index (κ3) is 23.8. The molecule has 0 fully saturated rings. The Balaban J connectivity index is 1.32. The second-order valence-electron chi connectivity index (χ2n) is 16.3. The summed E-state index contributed by atoms with van der Waals surface area (Å²) in [4.78, 5) is 26.4. The van der Waals surface area contributed by atoms with E-state index in [4.69, 9.17) is 42.6 Å². The Morgan fingerprint density at radius 2 is 0.754 bits per heavy atom. The average molecular weight is 901 g/mol. The number of hydrogen-bond acceptors (Lipinski definition) is 11. The topological polar surface area (TPSA) is 117 Å². The Labute approximate surface area is 389 Å². The maximum Gasteiger partial charge on any atom is 0.336 e. The van der Waals surface area contributed by atoms with E-state index in [1.54, 1.807) is 12.2 Å². The van der Waals surface area contributed by atoms with Gasteiger partial charge in [0.1, 0.15) is 24.7 Å². The lowest BCUT2D eigenvalue weighted by molar-refractivity contribution is -0.130. The van der Waals surface area contributed by atoms with Gasteiger partial charge in [-0.3, -0.25) is 0 Å². The van der Waals surface area contributed by atoms with Crippen LogP contribution in [0.2, 0.25) is 0 Å². The van der Waals surface area contributed by atoms with Crippen LogP contribution in [0.15, 0.2) is 72.8 Å². The Morgan fingerprint density at radius 1 is 0.431 bits per heavy atom. The summed E-state index contributed by atoms with van der Waals surface area (Å²) in [5, 5.41) is 0. The zero-order valence-electron chi connectivity index (χ0n) is 39.4. The molecule has 0 spiro atoms. The lowest BCUT2D eigenvalue weighted by Crippen LogP contribution is -2.14. The highest BCUT2D eigenvalue weighted by molar-refractivity contribution is 5.90. The minimum absolute atomic E-state index is 0.0823. The molecular weight excluding hydrogens is 825 g/mol. The molecule has 0 aromatic heterocycles. The van der Waals surface area contributed by atoms with Gasteiger partial charge in [0.25, 0.3) is 0 Å². The molecule has 0 N–H and O–H groups in total. The molecule has 11 heteroatoms. The molecule has 1 aliphatic rings. The van der Waals surface area contributed by atoms with Gasteiger partial charge in [0.05, 0.1) is 52.9 Å². The quantitative estimate of drug-likeness (QED) is 0.0300. The van der Waals surface area contributed by atoms with E-state index in [0.717, 1.165) is 35.5 Å². The maximum absolute atomic E-state index is 13.2. The van der Waals surface area contributed by atoms with Crippen LogP contribution in [0.4, 0.5) is 0 Å². The van der Waals surface area contributed by atoms with Crippen molar-refractivity contribution in [2.45, 2.75) is 129 Å². The van der Waals surface area contributed by atoms with Gasteiger partial charge in [-0.25, -0.2) is 9.59 Å². The van der Waals surface area contributed by atoms with E-state index in [1.807, 2.05) is 48.5 Å². The number of unbranched alkanes of at least 4 members (excludes halogenated alkanes) is 16. The van der Waals surface area contributed by atoms with Crippen molar-refractivity contribution in [2.75, 3.05) is 66.1 Å². The Bertz CT molecular complexity index is 1640. The molecular formula is C54H76O11. The van der Waals surface area contributed by atoms with Crippen LogP contribution in [-0.2, 0) is 23.8 Å². The first-order valence-corrected chi connectivity index (χ1v) is 24.5. The summed E-state index contributed by atoms with van der Waals surface area (Å²) in [6.45, 7) is 8.04. The number of esters is 2. The molecule has 0 saturated heterocycles. The highest BCUT2D eigenvalue weighted by atomic mass is 16.6. The van der Waals surface area contributed by atoms with E-state index in [9.17, 15) is 9.59 Å². The first kappa shape index (κ1) is 52.8. The van der Waals surface area contributed by atoms with Gasteiger partial charge in [0, 0.05) is 12.2 Å². The summed E-state index contributed by atoms with van der Waals surface area (Å²) in [6, 6.07) is 18.2. The van der Waals surface area contributed by atoms with Crippen molar-refractivity contribution in [1.29, 1.82) is 0 Å². The van der Waals surface area contributed by atoms with Crippen molar-refractivity contribution in [2.24, 2.45) is 0 Å². The maximum atomic E-state index is 13.2. The summed E-state index contributed by atoms with van der Waals surface area (Å²) in [6.07, 6.45) is 28.8. The smallest absolute Gasteiger partial charge is 0.336 e. The van der Waals surface area contributed by atoms with Crippen LogP contribution in [0.5, 0.6) is 34.5 Å². The first-order chi connectivity index (χ1) is 32.1. The molecule has 3 aromatic rings. The van der Waals surface area contributed by atoms with Gasteiger partial charge in [-0.05, 0) is 72.5 Å². The van der Waals surface area contributed by atoms with E-state index < -0.39 is 11.9 Å². The van der Waals surface area contributed by atoms with Crippen LogP contribution in [0.25, 0.3) is 12.2 Å². The van der Waals surface area contributed by atoms with Crippen LogP contribution >= 0.6 is 0 Å². The van der Waals surface area contributed by atoms with Crippen LogP contribution in [0.3, 0.4) is 0 Å². The molecule has 3 aromatic carbocycles. The zero-order chi connectivity index (χ0) is 45.8. The summed E-state index contributed by atoms with van der Waals surface area (Å²) in [5.74, 6) is 0.639. The van der Waals surface area contributed by atoms with Gasteiger partial charge in [0.2, 0.25) is 11.5 Å². The lowest BCUT2D eigenvalue weighted by atomic mass is 10.1. The molecule has 0 aliphatic carbocycles. The first-order valence-electron chi connectivity index (χ1n) is 24.5. The molecule has 0 radical (unpaired) electrons. The molecule has 0 saturated carbocycles. The van der Waals surface area contributed by atoms with E-state index in [1.165, 1.54) is 127 Å². The molecule has 65 heavy (non-hydrogen) atoms. The predicted octanol–water partition coefficient (Wildman–Crippen LogP) is 12.6.